The third-order valence-electron chi connectivity index (χ3n) is 2.60. The van der Waals surface area contributed by atoms with E-state index < -0.39 is 38.6 Å². The zero-order valence-corrected chi connectivity index (χ0v) is 11.3. The van der Waals surface area contributed by atoms with Crippen LogP contribution in [-0.4, -0.2) is 23.5 Å². The first kappa shape index (κ1) is 16.4. The number of hydrogen-bond acceptors (Lipinski definition) is 4. The van der Waals surface area contributed by atoms with Gasteiger partial charge in [-0.2, -0.15) is 39.7 Å². The van der Waals surface area contributed by atoms with E-state index >= 15 is 0 Å². The van der Waals surface area contributed by atoms with Crippen LogP contribution in [0.3, 0.4) is 0 Å². The molecule has 0 amide bonds. The number of fused-ring (bicyclic) bond motifs is 1. The van der Waals surface area contributed by atoms with E-state index in [1.54, 1.807) is 0 Å². The van der Waals surface area contributed by atoms with Crippen molar-refractivity contribution in [1.29, 1.82) is 0 Å². The molecule has 22 heavy (non-hydrogen) atoms. The van der Waals surface area contributed by atoms with Gasteiger partial charge in [-0.25, -0.2) is 0 Å². The van der Waals surface area contributed by atoms with Gasteiger partial charge in [-0.3, -0.25) is 0 Å². The fourth-order valence-electron chi connectivity index (χ4n) is 1.65. The quantitative estimate of drug-likeness (QED) is 0.476. The molecule has 0 spiro atoms. The van der Waals surface area contributed by atoms with Crippen LogP contribution in [0.15, 0.2) is 18.3 Å². The number of pyridine rings is 1. The molecule has 2 aromatic heterocycles. The Hall–Kier alpha value is -1.98. The maximum Gasteiger partial charge on any atom is 0.534 e. The first-order chi connectivity index (χ1) is 9.83. The smallest absolute Gasteiger partial charge is 0.355 e. The van der Waals surface area contributed by atoms with Crippen LogP contribution in [0.25, 0.3) is 11.0 Å². The Morgan fingerprint density at radius 1 is 1.18 bits per heavy atom. The molecule has 0 saturated heterocycles. The van der Waals surface area contributed by atoms with Crippen LogP contribution in [0.4, 0.5) is 26.3 Å². The molecule has 122 valence electrons. The van der Waals surface area contributed by atoms with E-state index in [0.717, 1.165) is 10.6 Å². The maximum atomic E-state index is 12.9. The van der Waals surface area contributed by atoms with Crippen LogP contribution in [0.1, 0.15) is 5.56 Å². The van der Waals surface area contributed by atoms with Crippen molar-refractivity contribution in [3.63, 3.8) is 0 Å². The molecule has 0 fully saturated rings. The minimum Gasteiger partial charge on any atom is -0.355 e. The second-order valence-corrected chi connectivity index (χ2v) is 5.69. The van der Waals surface area contributed by atoms with E-state index in [2.05, 4.69) is 9.17 Å². The van der Waals surface area contributed by atoms with Gasteiger partial charge in [0.2, 0.25) is 5.88 Å². The zero-order chi connectivity index (χ0) is 16.9. The van der Waals surface area contributed by atoms with Crippen molar-refractivity contribution < 1.29 is 38.9 Å². The summed E-state index contributed by atoms with van der Waals surface area (Å²) in [5.41, 5.74) is -7.51. The van der Waals surface area contributed by atoms with Gasteiger partial charge in [0, 0.05) is 24.7 Å². The van der Waals surface area contributed by atoms with Gasteiger partial charge < -0.3 is 8.75 Å². The van der Waals surface area contributed by atoms with Crippen molar-refractivity contribution in [2.75, 3.05) is 0 Å². The number of hydrogen-bond donors (Lipinski definition) is 0. The lowest BCUT2D eigenvalue weighted by molar-refractivity contribution is -0.136. The number of rotatable bonds is 2. The molecular weight excluding hydrogens is 342 g/mol. The Bertz CT molecular complexity index is 822. The van der Waals surface area contributed by atoms with Crippen molar-refractivity contribution in [3.05, 3.63) is 23.9 Å². The average molecular weight is 348 g/mol. The molecule has 12 heteroatoms. The molecule has 0 atom stereocenters. The van der Waals surface area contributed by atoms with Gasteiger partial charge >= 0.3 is 21.8 Å². The van der Waals surface area contributed by atoms with Gasteiger partial charge in [0.15, 0.2) is 0 Å². The van der Waals surface area contributed by atoms with Crippen LogP contribution in [-0.2, 0) is 23.3 Å². The third kappa shape index (κ3) is 2.82. The lowest BCUT2D eigenvalue weighted by Gasteiger charge is -2.12. The summed E-state index contributed by atoms with van der Waals surface area (Å²) in [7, 11) is -4.83. The number of alkyl halides is 6. The first-order valence-corrected chi connectivity index (χ1v) is 6.78. The summed E-state index contributed by atoms with van der Waals surface area (Å²) in [6, 6.07) is 1.15. The molecule has 2 heterocycles. The Morgan fingerprint density at radius 2 is 1.77 bits per heavy atom. The minimum absolute atomic E-state index is 0.103. The molecule has 0 radical (unpaired) electrons. The highest BCUT2D eigenvalue weighted by Gasteiger charge is 2.49. The van der Waals surface area contributed by atoms with Crippen LogP contribution >= 0.6 is 0 Å². The van der Waals surface area contributed by atoms with Gasteiger partial charge in [-0.1, -0.05) is 0 Å². The predicted octanol–water partition coefficient (Wildman–Crippen LogP) is 2.82. The molecule has 0 aliphatic rings. The zero-order valence-electron chi connectivity index (χ0n) is 10.5. The summed E-state index contributed by atoms with van der Waals surface area (Å²) in [4.78, 5) is 3.37. The van der Waals surface area contributed by atoms with Crippen molar-refractivity contribution in [3.8, 4) is 5.88 Å². The Kier molecular flexibility index (Phi) is 3.55. The maximum absolute atomic E-state index is 12.9. The van der Waals surface area contributed by atoms with Gasteiger partial charge in [0.05, 0.1) is 5.56 Å². The normalized spacial score (nSPS) is 13.6. The van der Waals surface area contributed by atoms with E-state index in [9.17, 15) is 34.8 Å². The highest BCUT2D eigenvalue weighted by atomic mass is 32.2. The summed E-state index contributed by atoms with van der Waals surface area (Å²) in [5, 5.41) is -0.397. The summed E-state index contributed by atoms with van der Waals surface area (Å²) in [6.45, 7) is 0. The highest BCUT2D eigenvalue weighted by Crippen LogP contribution is 2.37. The predicted molar refractivity (Wildman–Crippen MR) is 61.3 cm³/mol. The molecule has 0 unspecified atom stereocenters. The summed E-state index contributed by atoms with van der Waals surface area (Å²) in [5.74, 6) is -1.32. The number of halogens is 6. The van der Waals surface area contributed by atoms with E-state index in [1.165, 1.54) is 13.2 Å². The summed E-state index contributed by atoms with van der Waals surface area (Å²) < 4.78 is 102. The molecule has 5 nitrogen and oxygen atoms in total. The Balaban J connectivity index is 2.64. The molecule has 0 aliphatic heterocycles. The standard InChI is InChI=1S/C10H6F6N2O3S/c1-18-3-2-5-6(9(11,12)13)4-7(17-8(5)18)21-22(19,20)10(14,15)16/h2-4H,1H3. The van der Waals surface area contributed by atoms with Gasteiger partial charge in [-0.15, -0.1) is 0 Å². The minimum atomic E-state index is -6.12. The van der Waals surface area contributed by atoms with Crippen LogP contribution < -0.4 is 4.18 Å². The third-order valence-corrected chi connectivity index (χ3v) is 3.55. The molecular formula is C10H6F6N2O3S. The van der Waals surface area contributed by atoms with E-state index in [1.807, 2.05) is 0 Å². The van der Waals surface area contributed by atoms with Gasteiger partial charge in [-0.05, 0) is 6.07 Å². The highest BCUT2D eigenvalue weighted by molar-refractivity contribution is 7.87. The van der Waals surface area contributed by atoms with Crippen molar-refractivity contribution >= 4 is 21.2 Å². The molecule has 2 aromatic rings. The SMILES string of the molecule is Cn1ccc2c(C(F)(F)F)cc(OS(=O)(=O)C(F)(F)F)nc21. The lowest BCUT2D eigenvalue weighted by Crippen LogP contribution is -2.28. The lowest BCUT2D eigenvalue weighted by atomic mass is 10.2. The van der Waals surface area contributed by atoms with Gasteiger partial charge in [0.25, 0.3) is 0 Å². The largest absolute Gasteiger partial charge is 0.534 e. The summed E-state index contributed by atoms with van der Waals surface area (Å²) in [6.07, 6.45) is -3.74. The molecule has 0 saturated carbocycles. The fourth-order valence-corrected chi connectivity index (χ4v) is 2.05. The fraction of sp³-hybridized carbons (Fsp3) is 0.300. The number of aryl methyl sites for hydroxylation is 1. The molecule has 0 aliphatic carbocycles. The average Bonchev–Trinajstić information content (AvgIpc) is 2.67. The number of aromatic nitrogens is 2. The number of nitrogens with zero attached hydrogens (tertiary/aromatic N) is 2. The van der Waals surface area contributed by atoms with Crippen molar-refractivity contribution in [2.45, 2.75) is 11.7 Å². The van der Waals surface area contributed by atoms with E-state index in [-0.39, 0.29) is 11.7 Å². The topological polar surface area (TPSA) is 61.2 Å². The molecule has 0 bridgehead atoms. The van der Waals surface area contributed by atoms with E-state index in [4.69, 9.17) is 0 Å². The van der Waals surface area contributed by atoms with Crippen LogP contribution in [0, 0.1) is 0 Å². The summed E-state index contributed by atoms with van der Waals surface area (Å²) >= 11 is 0. The first-order valence-electron chi connectivity index (χ1n) is 5.37. The van der Waals surface area contributed by atoms with Crippen LogP contribution in [0.2, 0.25) is 0 Å². The van der Waals surface area contributed by atoms with Crippen LogP contribution in [0.5, 0.6) is 5.88 Å². The molecule has 2 rings (SSSR count). The monoisotopic (exact) mass is 348 g/mol. The molecule has 0 aromatic carbocycles. The Labute approximate surface area is 119 Å². The second kappa shape index (κ2) is 4.76. The molecule has 0 N–H and O–H groups in total. The van der Waals surface area contributed by atoms with Crippen molar-refractivity contribution in [1.82, 2.24) is 9.55 Å². The van der Waals surface area contributed by atoms with E-state index in [0.29, 0.717) is 0 Å². The second-order valence-electron chi connectivity index (χ2n) is 4.15. The van der Waals surface area contributed by atoms with Crippen molar-refractivity contribution in [2.24, 2.45) is 7.05 Å². The Morgan fingerprint density at radius 3 is 2.27 bits per heavy atom. The van der Waals surface area contributed by atoms with Gasteiger partial charge in [0.1, 0.15) is 5.65 Å².